The van der Waals surface area contributed by atoms with E-state index in [1.165, 1.54) is 12.1 Å². The van der Waals surface area contributed by atoms with Crippen LogP contribution in [0.2, 0.25) is 0 Å². The summed E-state index contributed by atoms with van der Waals surface area (Å²) in [6.07, 6.45) is 0. The van der Waals surface area contributed by atoms with Gasteiger partial charge >= 0.3 is 0 Å². The summed E-state index contributed by atoms with van der Waals surface area (Å²) in [5.41, 5.74) is 0.814. The Morgan fingerprint density at radius 3 is 2.60 bits per heavy atom. The second kappa shape index (κ2) is 12.1. The minimum absolute atomic E-state index is 0.142. The normalized spacial score (nSPS) is 10.9. The van der Waals surface area contributed by atoms with Gasteiger partial charge in [-0.05, 0) is 53.9 Å². The van der Waals surface area contributed by atoms with Gasteiger partial charge in [-0.1, -0.05) is 0 Å². The van der Waals surface area contributed by atoms with Gasteiger partial charge in [0.05, 0.1) is 43.4 Å². The molecule has 0 fully saturated rings. The summed E-state index contributed by atoms with van der Waals surface area (Å²) < 4.78 is 49.5. The summed E-state index contributed by atoms with van der Waals surface area (Å²) >= 11 is 1.90. The maximum atomic E-state index is 14.9. The molecule has 164 valence electrons. The second-order valence-corrected chi connectivity index (χ2v) is 7.24. The number of carbonyl (C=O) groups is 1. The molecule has 2 aromatic rings. The Bertz CT molecular complexity index is 887. The Balaban J connectivity index is 2.41. The van der Waals surface area contributed by atoms with Gasteiger partial charge in [0.2, 0.25) is 0 Å². The van der Waals surface area contributed by atoms with Gasteiger partial charge in [-0.15, -0.1) is 0 Å². The van der Waals surface area contributed by atoms with Crippen LogP contribution in [0.4, 0.5) is 24.5 Å². The van der Waals surface area contributed by atoms with Gasteiger partial charge < -0.3 is 20.5 Å². The first-order valence-corrected chi connectivity index (χ1v) is 9.95. The first-order valence-electron chi connectivity index (χ1n) is 8.87. The highest BCUT2D eigenvalue weighted by molar-refractivity contribution is 14.1. The van der Waals surface area contributed by atoms with E-state index in [9.17, 15) is 18.0 Å². The average molecular weight is 539 g/mol. The lowest BCUT2D eigenvalue weighted by Crippen LogP contribution is -2.27. The van der Waals surface area contributed by atoms with Crippen molar-refractivity contribution in [1.82, 2.24) is 10.8 Å². The van der Waals surface area contributed by atoms with E-state index in [0.717, 1.165) is 6.07 Å². The van der Waals surface area contributed by atoms with Crippen molar-refractivity contribution in [1.29, 1.82) is 0 Å². The first-order chi connectivity index (χ1) is 14.4. The van der Waals surface area contributed by atoms with Gasteiger partial charge in [-0.25, -0.2) is 18.7 Å². The Hall–Kier alpha value is -1.93. The van der Waals surface area contributed by atoms with Crippen LogP contribution in [0.15, 0.2) is 24.3 Å². The standard InChI is InChI=1S/C19H21F3IN3O4/c1-24-4-6-29-10-11-8-13(19(28)26-30-7-5-27)18(17(22)16(11)21)25-15-3-2-12(23)9-14(15)20/h2-3,8-9,24-25,27H,4-7,10H2,1H3,(H,26,28). The summed E-state index contributed by atoms with van der Waals surface area (Å²) in [5.74, 6) is -4.20. The number of hydroxylamine groups is 1. The predicted molar refractivity (Wildman–Crippen MR) is 113 cm³/mol. The third-order valence-corrected chi connectivity index (χ3v) is 4.50. The van der Waals surface area contributed by atoms with Crippen LogP contribution in [0.1, 0.15) is 15.9 Å². The lowest BCUT2D eigenvalue weighted by Gasteiger charge is -2.17. The van der Waals surface area contributed by atoms with Crippen molar-refractivity contribution in [3.8, 4) is 0 Å². The number of halogens is 4. The number of hydrogen-bond donors (Lipinski definition) is 4. The minimum Gasteiger partial charge on any atom is -0.394 e. The van der Waals surface area contributed by atoms with E-state index >= 15 is 0 Å². The van der Waals surface area contributed by atoms with E-state index in [1.54, 1.807) is 13.1 Å². The third-order valence-electron chi connectivity index (χ3n) is 3.83. The maximum absolute atomic E-state index is 14.9. The van der Waals surface area contributed by atoms with E-state index in [4.69, 9.17) is 14.7 Å². The van der Waals surface area contributed by atoms with E-state index < -0.39 is 29.0 Å². The highest BCUT2D eigenvalue weighted by Gasteiger charge is 2.24. The topological polar surface area (TPSA) is 91.9 Å². The van der Waals surface area contributed by atoms with Crippen molar-refractivity contribution in [2.75, 3.05) is 38.7 Å². The number of nitrogens with one attached hydrogen (secondary N) is 3. The van der Waals surface area contributed by atoms with Crippen molar-refractivity contribution in [3.63, 3.8) is 0 Å². The quantitative estimate of drug-likeness (QED) is 0.200. The summed E-state index contributed by atoms with van der Waals surface area (Å²) in [5, 5.41) is 14.0. The molecule has 0 aromatic heterocycles. The molecule has 0 saturated carbocycles. The Kier molecular flexibility index (Phi) is 9.78. The Morgan fingerprint density at radius 1 is 1.17 bits per heavy atom. The van der Waals surface area contributed by atoms with E-state index in [2.05, 4.69) is 10.6 Å². The molecule has 0 spiro atoms. The molecule has 2 aromatic carbocycles. The molecule has 4 N–H and O–H groups in total. The Morgan fingerprint density at radius 2 is 1.93 bits per heavy atom. The number of benzene rings is 2. The number of likely N-dealkylation sites (N-methyl/N-ethyl adjacent to an activating group) is 1. The van der Waals surface area contributed by atoms with Crippen LogP contribution in [0.3, 0.4) is 0 Å². The molecule has 0 aliphatic carbocycles. The molecule has 11 heteroatoms. The van der Waals surface area contributed by atoms with Crippen LogP contribution in [-0.2, 0) is 16.2 Å². The molecular weight excluding hydrogens is 518 g/mol. The van der Waals surface area contributed by atoms with Crippen molar-refractivity contribution in [3.05, 3.63) is 56.4 Å². The molecule has 7 nitrogen and oxygen atoms in total. The van der Waals surface area contributed by atoms with Gasteiger partial charge in [-0.3, -0.25) is 9.63 Å². The van der Waals surface area contributed by atoms with Crippen LogP contribution >= 0.6 is 22.6 Å². The van der Waals surface area contributed by atoms with Gasteiger partial charge in [0.25, 0.3) is 5.91 Å². The highest BCUT2D eigenvalue weighted by atomic mass is 127. The van der Waals surface area contributed by atoms with E-state index in [-0.39, 0.29) is 43.2 Å². The van der Waals surface area contributed by atoms with Gasteiger partial charge in [0.15, 0.2) is 11.6 Å². The number of rotatable bonds is 11. The van der Waals surface area contributed by atoms with Crippen molar-refractivity contribution >= 4 is 39.9 Å². The maximum Gasteiger partial charge on any atom is 0.277 e. The van der Waals surface area contributed by atoms with Crippen molar-refractivity contribution in [2.24, 2.45) is 0 Å². The molecule has 0 aliphatic rings. The van der Waals surface area contributed by atoms with Gasteiger partial charge in [-0.2, -0.15) is 0 Å². The minimum atomic E-state index is -1.37. The highest BCUT2D eigenvalue weighted by Crippen LogP contribution is 2.30. The molecule has 2 rings (SSSR count). The lowest BCUT2D eigenvalue weighted by atomic mass is 10.1. The fraction of sp³-hybridized carbons (Fsp3) is 0.316. The zero-order valence-electron chi connectivity index (χ0n) is 16.0. The molecule has 0 unspecified atom stereocenters. The van der Waals surface area contributed by atoms with Crippen LogP contribution < -0.4 is 16.1 Å². The summed E-state index contributed by atoms with van der Waals surface area (Å²) in [6, 6.07) is 5.20. The first kappa shape index (κ1) is 24.3. The summed E-state index contributed by atoms with van der Waals surface area (Å²) in [7, 11) is 1.71. The molecule has 0 aliphatic heterocycles. The van der Waals surface area contributed by atoms with E-state index in [1.807, 2.05) is 28.1 Å². The zero-order valence-corrected chi connectivity index (χ0v) is 18.2. The number of aliphatic hydroxyl groups excluding tert-OH is 1. The average Bonchev–Trinajstić information content (AvgIpc) is 2.72. The van der Waals surface area contributed by atoms with Crippen LogP contribution in [0.25, 0.3) is 0 Å². The number of anilines is 2. The predicted octanol–water partition coefficient (Wildman–Crippen LogP) is 2.84. The van der Waals surface area contributed by atoms with Crippen LogP contribution in [0, 0.1) is 21.0 Å². The molecule has 0 heterocycles. The molecule has 0 radical (unpaired) electrons. The Labute approximate surface area is 185 Å². The van der Waals surface area contributed by atoms with E-state index in [0.29, 0.717) is 10.1 Å². The molecular formula is C19H21F3IN3O4. The number of carbonyl (C=O) groups excluding carboxylic acids is 1. The van der Waals surface area contributed by atoms with Crippen LogP contribution in [-0.4, -0.2) is 44.4 Å². The zero-order chi connectivity index (χ0) is 22.1. The summed E-state index contributed by atoms with van der Waals surface area (Å²) in [4.78, 5) is 17.2. The largest absolute Gasteiger partial charge is 0.394 e. The van der Waals surface area contributed by atoms with Crippen molar-refractivity contribution in [2.45, 2.75) is 6.61 Å². The van der Waals surface area contributed by atoms with Gasteiger partial charge in [0, 0.05) is 15.7 Å². The SMILES string of the molecule is CNCCOCc1cc(C(=O)NOCCO)c(Nc2ccc(I)cc2F)c(F)c1F. The molecule has 1 amide bonds. The molecule has 30 heavy (non-hydrogen) atoms. The number of amides is 1. The third kappa shape index (κ3) is 6.54. The number of hydrogen-bond acceptors (Lipinski definition) is 6. The molecule has 0 saturated heterocycles. The monoisotopic (exact) mass is 539 g/mol. The second-order valence-electron chi connectivity index (χ2n) is 5.99. The number of aliphatic hydroxyl groups is 1. The fourth-order valence-electron chi connectivity index (χ4n) is 2.38. The van der Waals surface area contributed by atoms with Crippen LogP contribution in [0.5, 0.6) is 0 Å². The molecule has 0 atom stereocenters. The van der Waals surface area contributed by atoms with Crippen molar-refractivity contribution < 1.29 is 32.6 Å². The summed E-state index contributed by atoms with van der Waals surface area (Å²) in [6.45, 7) is -0.101. The fourth-order valence-corrected chi connectivity index (χ4v) is 2.84. The lowest BCUT2D eigenvalue weighted by molar-refractivity contribution is 0.0168. The smallest absolute Gasteiger partial charge is 0.277 e. The van der Waals surface area contributed by atoms with Gasteiger partial charge in [0.1, 0.15) is 5.82 Å². The number of ether oxygens (including phenoxy) is 1. The molecule has 0 bridgehead atoms.